The molecule has 1 N–H and O–H groups in total. The van der Waals surface area contributed by atoms with Crippen LogP contribution in [0.3, 0.4) is 0 Å². The molecule has 0 unspecified atom stereocenters. The zero-order chi connectivity index (χ0) is 22.6. The summed E-state index contributed by atoms with van der Waals surface area (Å²) in [7, 11) is -2.44. The van der Waals surface area contributed by atoms with Gasteiger partial charge in [0, 0.05) is 19.2 Å². The predicted octanol–water partition coefficient (Wildman–Crippen LogP) is 4.16. The molecule has 1 amide bonds. The quantitative estimate of drug-likeness (QED) is 0.690. The maximum Gasteiger partial charge on any atom is 0.261 e. The largest absolute Gasteiger partial charge is 0.496 e. The highest BCUT2D eigenvalue weighted by atomic mass is 32.2. The molecule has 0 atom stereocenters. The Kier molecular flexibility index (Phi) is 7.10. The van der Waals surface area contributed by atoms with Crippen molar-refractivity contribution in [2.45, 2.75) is 44.6 Å². The molecule has 1 fully saturated rings. The summed E-state index contributed by atoms with van der Waals surface area (Å²) in [5.74, 6) is 1.29. The van der Waals surface area contributed by atoms with Gasteiger partial charge in [-0.15, -0.1) is 0 Å². The second-order valence-corrected chi connectivity index (χ2v) is 9.82. The van der Waals surface area contributed by atoms with Crippen molar-refractivity contribution in [2.24, 2.45) is 5.92 Å². The molecule has 1 aliphatic heterocycles. The van der Waals surface area contributed by atoms with Crippen molar-refractivity contribution >= 4 is 21.6 Å². The molecular formula is C23H30N2O5S. The molecule has 7 nitrogen and oxygen atoms in total. The van der Waals surface area contributed by atoms with E-state index in [1.165, 1.54) is 25.3 Å². The van der Waals surface area contributed by atoms with Crippen LogP contribution < -0.4 is 14.2 Å². The third kappa shape index (κ3) is 5.70. The number of anilines is 1. The smallest absolute Gasteiger partial charge is 0.261 e. The molecule has 0 radical (unpaired) electrons. The van der Waals surface area contributed by atoms with Gasteiger partial charge in [-0.3, -0.25) is 9.52 Å². The van der Waals surface area contributed by atoms with Gasteiger partial charge in [0.25, 0.3) is 15.9 Å². The van der Waals surface area contributed by atoms with Gasteiger partial charge in [0.15, 0.2) is 0 Å². The fraction of sp³-hybridized carbons (Fsp3) is 0.435. The Morgan fingerprint density at radius 3 is 2.48 bits per heavy atom. The molecule has 1 aliphatic rings. The number of carbonyl (C=O) groups is 1. The average molecular weight is 447 g/mol. The Labute approximate surface area is 184 Å². The molecule has 0 aromatic heterocycles. The van der Waals surface area contributed by atoms with Gasteiger partial charge < -0.3 is 14.4 Å². The normalized spacial score (nSPS) is 15.1. The van der Waals surface area contributed by atoms with Gasteiger partial charge in [-0.25, -0.2) is 8.42 Å². The van der Waals surface area contributed by atoms with Gasteiger partial charge in [0.05, 0.1) is 29.4 Å². The predicted molar refractivity (Wildman–Crippen MR) is 120 cm³/mol. The van der Waals surface area contributed by atoms with Gasteiger partial charge in [0.1, 0.15) is 11.5 Å². The van der Waals surface area contributed by atoms with Gasteiger partial charge >= 0.3 is 0 Å². The number of nitrogens with one attached hydrogen (secondary N) is 1. The highest BCUT2D eigenvalue weighted by molar-refractivity contribution is 7.92. The molecular weight excluding hydrogens is 416 g/mol. The number of likely N-dealkylation sites (tertiary alicyclic amines) is 1. The van der Waals surface area contributed by atoms with Crippen LogP contribution in [0, 0.1) is 5.92 Å². The Hall–Kier alpha value is -2.74. The van der Waals surface area contributed by atoms with E-state index < -0.39 is 10.0 Å². The standard InChI is InChI=1S/C23H30N2O5S/c1-16(2)30-19-7-5-6-18(14-19)24-31(27,28)20-8-9-22(29-4)21(15-20)23(26)25-12-10-17(3)11-13-25/h5-9,14-17,24H,10-13H2,1-4H3. The van der Waals surface area contributed by atoms with Crippen molar-refractivity contribution in [2.75, 3.05) is 24.9 Å². The molecule has 1 saturated heterocycles. The van der Waals surface area contributed by atoms with Crippen LogP contribution in [0.15, 0.2) is 47.4 Å². The number of benzene rings is 2. The minimum Gasteiger partial charge on any atom is -0.496 e. The van der Waals surface area contributed by atoms with Gasteiger partial charge in [-0.1, -0.05) is 13.0 Å². The maximum absolute atomic E-state index is 13.1. The van der Waals surface area contributed by atoms with E-state index in [9.17, 15) is 13.2 Å². The molecule has 0 bridgehead atoms. The van der Waals surface area contributed by atoms with Crippen LogP contribution in [-0.4, -0.2) is 45.5 Å². The number of nitrogens with zero attached hydrogens (tertiary/aromatic N) is 1. The Morgan fingerprint density at radius 1 is 1.13 bits per heavy atom. The second-order valence-electron chi connectivity index (χ2n) is 8.14. The number of carbonyl (C=O) groups excluding carboxylic acids is 1. The zero-order valence-electron chi connectivity index (χ0n) is 18.4. The number of methoxy groups -OCH3 is 1. The van der Waals surface area contributed by atoms with Crippen LogP contribution in [0.2, 0.25) is 0 Å². The van der Waals surface area contributed by atoms with Gasteiger partial charge in [0.2, 0.25) is 0 Å². The first kappa shape index (κ1) is 22.9. The lowest BCUT2D eigenvalue weighted by Crippen LogP contribution is -2.38. The Morgan fingerprint density at radius 2 is 1.84 bits per heavy atom. The summed E-state index contributed by atoms with van der Waals surface area (Å²) in [6.07, 6.45) is 1.84. The highest BCUT2D eigenvalue weighted by Gasteiger charge is 2.26. The number of sulfonamides is 1. The molecule has 1 heterocycles. The zero-order valence-corrected chi connectivity index (χ0v) is 19.2. The van der Waals surface area contributed by atoms with Crippen LogP contribution >= 0.6 is 0 Å². The van der Waals surface area contributed by atoms with Gasteiger partial charge in [-0.05, 0) is 62.9 Å². The molecule has 3 rings (SSSR count). The summed E-state index contributed by atoms with van der Waals surface area (Å²) in [5, 5.41) is 0. The van der Waals surface area contributed by atoms with Crippen molar-refractivity contribution < 1.29 is 22.7 Å². The lowest BCUT2D eigenvalue weighted by atomic mass is 9.98. The molecule has 8 heteroatoms. The highest BCUT2D eigenvalue weighted by Crippen LogP contribution is 2.28. The lowest BCUT2D eigenvalue weighted by molar-refractivity contribution is 0.0693. The number of ether oxygens (including phenoxy) is 2. The number of hydrogen-bond acceptors (Lipinski definition) is 5. The number of rotatable bonds is 7. The SMILES string of the molecule is COc1ccc(S(=O)(=O)Nc2cccc(OC(C)C)c2)cc1C(=O)N1CCC(C)CC1. The Balaban J connectivity index is 1.86. The second kappa shape index (κ2) is 9.60. The topological polar surface area (TPSA) is 84.9 Å². The van der Waals surface area contributed by atoms with Crippen LogP contribution in [0.25, 0.3) is 0 Å². The van der Waals surface area contributed by atoms with E-state index in [0.717, 1.165) is 12.8 Å². The molecule has 168 valence electrons. The number of amides is 1. The minimum absolute atomic E-state index is 0.00258. The van der Waals surface area contributed by atoms with Crippen molar-refractivity contribution in [3.8, 4) is 11.5 Å². The summed E-state index contributed by atoms with van der Waals surface area (Å²) in [6, 6.07) is 11.1. The minimum atomic E-state index is -3.91. The van der Waals surface area contributed by atoms with Crippen molar-refractivity contribution in [1.29, 1.82) is 0 Å². The van der Waals surface area contributed by atoms with Crippen molar-refractivity contribution in [3.05, 3.63) is 48.0 Å². The van der Waals surface area contributed by atoms with Crippen molar-refractivity contribution in [3.63, 3.8) is 0 Å². The summed E-state index contributed by atoms with van der Waals surface area (Å²) in [4.78, 5) is 14.8. The summed E-state index contributed by atoms with van der Waals surface area (Å²) >= 11 is 0. The lowest BCUT2D eigenvalue weighted by Gasteiger charge is -2.30. The molecule has 31 heavy (non-hydrogen) atoms. The Bertz CT molecular complexity index is 1030. The first-order chi connectivity index (χ1) is 14.7. The molecule has 2 aromatic rings. The molecule has 0 aliphatic carbocycles. The van der Waals surface area contributed by atoms with Crippen LogP contribution in [0.4, 0.5) is 5.69 Å². The maximum atomic E-state index is 13.1. The van der Waals surface area contributed by atoms with E-state index in [4.69, 9.17) is 9.47 Å². The first-order valence-electron chi connectivity index (χ1n) is 10.5. The van der Waals surface area contributed by atoms with Crippen LogP contribution in [0.1, 0.15) is 44.0 Å². The van der Waals surface area contributed by atoms with E-state index in [0.29, 0.717) is 36.2 Å². The molecule has 0 saturated carbocycles. The van der Waals surface area contributed by atoms with E-state index in [2.05, 4.69) is 11.6 Å². The van der Waals surface area contributed by atoms with E-state index in [-0.39, 0.29) is 22.5 Å². The summed E-state index contributed by atoms with van der Waals surface area (Å²) < 4.78 is 39.6. The fourth-order valence-corrected chi connectivity index (χ4v) is 4.60. The summed E-state index contributed by atoms with van der Waals surface area (Å²) in [6.45, 7) is 7.27. The first-order valence-corrected chi connectivity index (χ1v) is 11.9. The number of hydrogen-bond donors (Lipinski definition) is 1. The van der Waals surface area contributed by atoms with Crippen LogP contribution in [-0.2, 0) is 10.0 Å². The van der Waals surface area contributed by atoms with E-state index in [1.807, 2.05) is 13.8 Å². The fourth-order valence-electron chi connectivity index (χ4n) is 3.52. The monoisotopic (exact) mass is 446 g/mol. The van der Waals surface area contributed by atoms with Crippen LogP contribution in [0.5, 0.6) is 11.5 Å². The van der Waals surface area contributed by atoms with E-state index in [1.54, 1.807) is 29.2 Å². The average Bonchev–Trinajstić information content (AvgIpc) is 2.72. The van der Waals surface area contributed by atoms with E-state index >= 15 is 0 Å². The number of piperidine rings is 1. The third-order valence-corrected chi connectivity index (χ3v) is 6.62. The van der Waals surface area contributed by atoms with Gasteiger partial charge in [-0.2, -0.15) is 0 Å². The molecule has 2 aromatic carbocycles. The summed E-state index contributed by atoms with van der Waals surface area (Å²) in [5.41, 5.74) is 0.628. The molecule has 0 spiro atoms. The van der Waals surface area contributed by atoms with Crippen molar-refractivity contribution in [1.82, 2.24) is 4.90 Å². The third-order valence-electron chi connectivity index (χ3n) is 5.24.